The lowest BCUT2D eigenvalue weighted by atomic mass is 10.1. The van der Waals surface area contributed by atoms with E-state index in [2.05, 4.69) is 18.8 Å². The monoisotopic (exact) mass is 291 g/mol. The lowest BCUT2D eigenvalue weighted by molar-refractivity contribution is -0.119. The highest BCUT2D eigenvalue weighted by atomic mass is 19.1. The van der Waals surface area contributed by atoms with Gasteiger partial charge in [0.2, 0.25) is 5.91 Å². The number of hydrogen-bond acceptors (Lipinski definition) is 3. The molecule has 21 heavy (non-hydrogen) atoms. The van der Waals surface area contributed by atoms with E-state index in [1.807, 2.05) is 4.90 Å². The highest BCUT2D eigenvalue weighted by molar-refractivity contribution is 5.75. The summed E-state index contributed by atoms with van der Waals surface area (Å²) in [4.78, 5) is 13.1. The van der Waals surface area contributed by atoms with E-state index < -0.39 is 0 Å². The number of rotatable bonds is 7. The maximum Gasteiger partial charge on any atom is 0.231 e. The van der Waals surface area contributed by atoms with Gasteiger partial charge in [-0.15, -0.1) is 0 Å². The molecule has 0 aliphatic rings. The first-order chi connectivity index (χ1) is 10.1. The first-order valence-electron chi connectivity index (χ1n) is 7.04. The predicted octanol–water partition coefficient (Wildman–Crippen LogP) is 1.22. The minimum Gasteiger partial charge on any atom is -0.369 e. The molecule has 0 saturated heterocycles. The number of benzene rings is 1. The van der Waals surface area contributed by atoms with E-state index >= 15 is 0 Å². The number of nitrogens with two attached hydrogens (primary N) is 2. The first-order valence-corrected chi connectivity index (χ1v) is 7.04. The predicted molar refractivity (Wildman–Crippen MR) is 81.7 cm³/mol. The number of halogens is 1. The molecule has 0 heterocycles. The summed E-state index contributed by atoms with van der Waals surface area (Å²) in [6.45, 7) is 3.76. The van der Waals surface area contributed by atoms with Crippen LogP contribution in [0.4, 0.5) is 4.39 Å². The number of unbranched alkanes of at least 4 members (excludes halogenated alkanes) is 1. The van der Waals surface area contributed by atoms with Crippen molar-refractivity contribution in [3.63, 3.8) is 0 Å². The van der Waals surface area contributed by atoms with Crippen molar-refractivity contribution in [1.29, 1.82) is 0 Å². The van der Waals surface area contributed by atoms with Gasteiger partial charge in [0.25, 0.3) is 0 Å². The van der Waals surface area contributed by atoms with Crippen LogP contribution >= 0.6 is 0 Å². The SMILES string of the molecule is CCCCN(CC(N)=O)Cc1ccc(F)cc1C#CCN. The molecule has 0 unspecified atom stereocenters. The zero-order chi connectivity index (χ0) is 15.7. The first kappa shape index (κ1) is 17.2. The lowest BCUT2D eigenvalue weighted by Gasteiger charge is -2.21. The number of carbonyl (C=O) groups is 1. The van der Waals surface area contributed by atoms with Crippen LogP contribution in [0.2, 0.25) is 0 Å². The van der Waals surface area contributed by atoms with Gasteiger partial charge in [-0.05, 0) is 30.7 Å². The van der Waals surface area contributed by atoms with Crippen molar-refractivity contribution >= 4 is 5.91 Å². The van der Waals surface area contributed by atoms with Crippen molar-refractivity contribution in [1.82, 2.24) is 4.90 Å². The summed E-state index contributed by atoms with van der Waals surface area (Å²) < 4.78 is 13.3. The quantitative estimate of drug-likeness (QED) is 0.742. The Morgan fingerprint density at radius 3 is 2.81 bits per heavy atom. The average molecular weight is 291 g/mol. The third-order valence-electron chi connectivity index (χ3n) is 3.00. The summed E-state index contributed by atoms with van der Waals surface area (Å²) in [6.07, 6.45) is 2.00. The highest BCUT2D eigenvalue weighted by Gasteiger charge is 2.11. The van der Waals surface area contributed by atoms with Gasteiger partial charge in [-0.3, -0.25) is 9.69 Å². The molecule has 1 amide bonds. The fraction of sp³-hybridized carbons (Fsp3) is 0.438. The molecule has 4 N–H and O–H groups in total. The molecule has 0 saturated carbocycles. The summed E-state index contributed by atoms with van der Waals surface area (Å²) in [6, 6.07) is 4.47. The van der Waals surface area contributed by atoms with E-state index in [1.165, 1.54) is 12.1 Å². The Hall–Kier alpha value is -1.90. The molecule has 0 fully saturated rings. The van der Waals surface area contributed by atoms with Crippen LogP contribution in [0.5, 0.6) is 0 Å². The minimum atomic E-state index is -0.372. The van der Waals surface area contributed by atoms with E-state index in [-0.39, 0.29) is 24.8 Å². The molecule has 0 radical (unpaired) electrons. The van der Waals surface area contributed by atoms with E-state index in [9.17, 15) is 9.18 Å². The van der Waals surface area contributed by atoms with E-state index in [4.69, 9.17) is 11.5 Å². The number of primary amides is 1. The molecule has 1 rings (SSSR count). The van der Waals surface area contributed by atoms with Crippen LogP contribution in [0.15, 0.2) is 18.2 Å². The van der Waals surface area contributed by atoms with Gasteiger partial charge in [-0.25, -0.2) is 4.39 Å². The van der Waals surface area contributed by atoms with Gasteiger partial charge in [0, 0.05) is 12.1 Å². The van der Waals surface area contributed by atoms with Gasteiger partial charge in [0.15, 0.2) is 0 Å². The lowest BCUT2D eigenvalue weighted by Crippen LogP contribution is -2.34. The Kier molecular flexibility index (Phi) is 7.44. The third-order valence-corrected chi connectivity index (χ3v) is 3.00. The molecule has 1 aromatic carbocycles. The Labute approximate surface area is 125 Å². The van der Waals surface area contributed by atoms with Crippen molar-refractivity contribution in [3.8, 4) is 11.8 Å². The molecule has 0 aliphatic heterocycles. The van der Waals surface area contributed by atoms with Crippen molar-refractivity contribution in [2.24, 2.45) is 11.5 Å². The van der Waals surface area contributed by atoms with Crippen LogP contribution in [-0.2, 0) is 11.3 Å². The van der Waals surface area contributed by atoms with Crippen molar-refractivity contribution in [2.75, 3.05) is 19.6 Å². The van der Waals surface area contributed by atoms with Gasteiger partial charge in [-0.2, -0.15) is 0 Å². The minimum absolute atomic E-state index is 0.182. The molecule has 1 aromatic rings. The van der Waals surface area contributed by atoms with E-state index in [1.54, 1.807) is 6.07 Å². The topological polar surface area (TPSA) is 72.3 Å². The molecule has 0 aliphatic carbocycles. The maximum absolute atomic E-state index is 13.3. The van der Waals surface area contributed by atoms with Gasteiger partial charge in [0.1, 0.15) is 5.82 Å². The largest absolute Gasteiger partial charge is 0.369 e. The van der Waals surface area contributed by atoms with Crippen LogP contribution in [0, 0.1) is 17.7 Å². The zero-order valence-electron chi connectivity index (χ0n) is 12.4. The maximum atomic E-state index is 13.3. The van der Waals surface area contributed by atoms with E-state index in [0.717, 1.165) is 24.9 Å². The fourth-order valence-corrected chi connectivity index (χ4v) is 2.01. The number of amides is 1. The Morgan fingerprint density at radius 2 is 2.19 bits per heavy atom. The number of hydrogen-bond donors (Lipinski definition) is 2. The molecule has 4 nitrogen and oxygen atoms in total. The van der Waals surface area contributed by atoms with Crippen molar-refractivity contribution in [3.05, 3.63) is 35.1 Å². The van der Waals surface area contributed by atoms with Crippen LogP contribution in [-0.4, -0.2) is 30.4 Å². The second kappa shape index (κ2) is 9.11. The number of nitrogens with zero attached hydrogens (tertiary/aromatic N) is 1. The van der Waals surface area contributed by atoms with Crippen LogP contribution in [0.3, 0.4) is 0 Å². The van der Waals surface area contributed by atoms with Crippen molar-refractivity contribution < 1.29 is 9.18 Å². The summed E-state index contributed by atoms with van der Waals surface area (Å²) in [5.74, 6) is 4.89. The molecule has 5 heteroatoms. The summed E-state index contributed by atoms with van der Waals surface area (Å²) in [7, 11) is 0. The molecule has 114 valence electrons. The fourth-order valence-electron chi connectivity index (χ4n) is 2.01. The molecular formula is C16H22FN3O. The number of carbonyl (C=O) groups excluding carboxylic acids is 1. The van der Waals surface area contributed by atoms with Crippen molar-refractivity contribution in [2.45, 2.75) is 26.3 Å². The smallest absolute Gasteiger partial charge is 0.231 e. The molecule has 0 spiro atoms. The molecule has 0 aromatic heterocycles. The Balaban J connectivity index is 2.93. The Bertz CT molecular complexity index is 534. The van der Waals surface area contributed by atoms with Gasteiger partial charge in [-0.1, -0.05) is 31.3 Å². The van der Waals surface area contributed by atoms with Crippen LogP contribution in [0.25, 0.3) is 0 Å². The summed E-state index contributed by atoms with van der Waals surface area (Å²) >= 11 is 0. The Morgan fingerprint density at radius 1 is 1.43 bits per heavy atom. The summed E-state index contributed by atoms with van der Waals surface area (Å²) in [5, 5.41) is 0. The van der Waals surface area contributed by atoms with Crippen LogP contribution < -0.4 is 11.5 Å². The second-order valence-electron chi connectivity index (χ2n) is 4.84. The highest BCUT2D eigenvalue weighted by Crippen LogP contribution is 2.13. The average Bonchev–Trinajstić information content (AvgIpc) is 2.44. The van der Waals surface area contributed by atoms with Gasteiger partial charge >= 0.3 is 0 Å². The normalized spacial score (nSPS) is 10.3. The van der Waals surface area contributed by atoms with E-state index in [0.29, 0.717) is 12.1 Å². The standard InChI is InChI=1S/C16H22FN3O/c1-2-3-9-20(12-16(19)21)11-14-6-7-15(17)10-13(14)5-4-8-18/h6-7,10H,2-3,8-9,11-12,18H2,1H3,(H2,19,21). The second-order valence-corrected chi connectivity index (χ2v) is 4.84. The third kappa shape index (κ3) is 6.39. The molecule has 0 atom stereocenters. The molecular weight excluding hydrogens is 269 g/mol. The van der Waals surface area contributed by atoms with Crippen LogP contribution in [0.1, 0.15) is 30.9 Å². The van der Waals surface area contributed by atoms with Gasteiger partial charge in [0.05, 0.1) is 13.1 Å². The zero-order valence-corrected chi connectivity index (χ0v) is 12.4. The summed E-state index contributed by atoms with van der Waals surface area (Å²) in [5.41, 5.74) is 12.1. The molecule has 0 bridgehead atoms. The van der Waals surface area contributed by atoms with Gasteiger partial charge < -0.3 is 11.5 Å².